The van der Waals surface area contributed by atoms with Crippen molar-refractivity contribution in [2.45, 2.75) is 269 Å². The molecule has 384 valence electrons. The second kappa shape index (κ2) is 38.5. The van der Waals surface area contributed by atoms with Gasteiger partial charge in [0.05, 0.1) is 0 Å². The molecule has 0 radical (unpaired) electrons. The zero-order chi connectivity index (χ0) is 49.0. The number of unbranched alkanes of at least 4 members (excludes halogenated alkanes) is 18. The second-order valence-electron chi connectivity index (χ2n) is 21.0. The molecular weight excluding hydrogens is 889 g/mol. The van der Waals surface area contributed by atoms with Gasteiger partial charge in [-0.3, -0.25) is 0 Å². The topological polar surface area (TPSA) is 0 Å². The molecule has 0 aliphatic heterocycles. The molecule has 0 saturated carbocycles. The van der Waals surface area contributed by atoms with Crippen LogP contribution in [-0.2, 0) is 73.0 Å². The number of hydrogen-bond donors (Lipinski definition) is 0. The number of benzene rings is 4. The second-order valence-corrected chi connectivity index (χ2v) is 23.9. The van der Waals surface area contributed by atoms with Crippen molar-refractivity contribution in [3.63, 3.8) is 0 Å². The fourth-order valence-corrected chi connectivity index (χ4v) is 12.8. The fourth-order valence-electron chi connectivity index (χ4n) is 10.1. The average molecular weight is 992 g/mol. The Balaban J connectivity index is 1.51. The normalized spacial score (nSPS) is 11.6. The van der Waals surface area contributed by atoms with Crippen molar-refractivity contribution < 1.29 is 0 Å². The molecule has 4 rings (SSSR count). The number of thioether (sulfide) groups is 3. The van der Waals surface area contributed by atoms with Crippen LogP contribution in [0.4, 0.5) is 0 Å². The van der Waals surface area contributed by atoms with Gasteiger partial charge < -0.3 is 0 Å². The van der Waals surface area contributed by atoms with Gasteiger partial charge in [0.2, 0.25) is 0 Å². The van der Waals surface area contributed by atoms with Gasteiger partial charge in [-0.25, -0.2) is 0 Å². The molecule has 0 aliphatic carbocycles. The average Bonchev–Trinajstić information content (AvgIpc) is 3.35. The van der Waals surface area contributed by atoms with Crippen LogP contribution in [0.2, 0.25) is 0 Å². The van der Waals surface area contributed by atoms with E-state index < -0.39 is 0 Å². The summed E-state index contributed by atoms with van der Waals surface area (Å²) in [6.07, 6.45) is 39.4. The highest BCUT2D eigenvalue weighted by molar-refractivity contribution is 7.98. The van der Waals surface area contributed by atoms with E-state index in [1.807, 2.05) is 0 Å². The largest absolute Gasteiger partial charge is 0.152 e. The molecule has 0 amide bonds. The van der Waals surface area contributed by atoms with Gasteiger partial charge in [0.1, 0.15) is 0 Å². The summed E-state index contributed by atoms with van der Waals surface area (Å²) >= 11 is 6.39. The molecule has 4 aromatic carbocycles. The van der Waals surface area contributed by atoms with Crippen molar-refractivity contribution in [1.82, 2.24) is 0 Å². The lowest BCUT2D eigenvalue weighted by atomic mass is 9.98. The van der Waals surface area contributed by atoms with E-state index in [4.69, 9.17) is 0 Å². The zero-order valence-corrected chi connectivity index (χ0v) is 48.1. The monoisotopic (exact) mass is 991 g/mol. The lowest BCUT2D eigenvalue weighted by molar-refractivity contribution is 0.661. The molecule has 0 unspecified atom stereocenters. The van der Waals surface area contributed by atoms with Gasteiger partial charge in [0, 0.05) is 34.5 Å². The molecule has 0 heterocycles. The van der Waals surface area contributed by atoms with Crippen molar-refractivity contribution in [2.75, 3.05) is 0 Å². The van der Waals surface area contributed by atoms with E-state index in [-0.39, 0.29) is 0 Å². The third-order valence-corrected chi connectivity index (χ3v) is 17.2. The van der Waals surface area contributed by atoms with E-state index >= 15 is 0 Å². The lowest BCUT2D eigenvalue weighted by Crippen LogP contribution is -1.97. The van der Waals surface area contributed by atoms with E-state index in [0.717, 1.165) is 34.5 Å². The minimum atomic E-state index is 1.08. The third-order valence-electron chi connectivity index (χ3n) is 14.0. The molecule has 0 fully saturated rings. The minimum Gasteiger partial charge on any atom is -0.152 e. The Morgan fingerprint density at radius 2 is 0.333 bits per heavy atom. The maximum absolute atomic E-state index is 2.56. The maximum atomic E-state index is 2.56. The van der Waals surface area contributed by atoms with Crippen LogP contribution < -0.4 is 0 Å². The molecule has 0 bridgehead atoms. The predicted octanol–water partition coefficient (Wildman–Crippen LogP) is 21.7. The summed E-state index contributed by atoms with van der Waals surface area (Å²) in [7, 11) is 0. The van der Waals surface area contributed by atoms with E-state index in [2.05, 4.69) is 150 Å². The first-order valence-electron chi connectivity index (χ1n) is 29.1. The van der Waals surface area contributed by atoms with Gasteiger partial charge in [0.15, 0.2) is 0 Å². The first-order chi connectivity index (χ1) is 33.9. The predicted molar refractivity (Wildman–Crippen MR) is 318 cm³/mol. The minimum absolute atomic E-state index is 1.08. The molecule has 0 aliphatic rings. The van der Waals surface area contributed by atoms with Crippen molar-refractivity contribution in [3.8, 4) is 0 Å². The van der Waals surface area contributed by atoms with Crippen molar-refractivity contribution in [2.24, 2.45) is 0 Å². The highest BCUT2D eigenvalue weighted by Gasteiger charge is 2.10. The van der Waals surface area contributed by atoms with Crippen molar-refractivity contribution >= 4 is 35.3 Å². The Labute approximate surface area is 440 Å². The Bertz CT molecular complexity index is 1590. The quantitative estimate of drug-likeness (QED) is 0.0406. The van der Waals surface area contributed by atoms with Crippen molar-refractivity contribution in [3.05, 3.63) is 140 Å². The fraction of sp³-hybridized carbons (Fsp3) is 0.636. The number of aryl methyl sites for hydroxylation is 6. The van der Waals surface area contributed by atoms with Gasteiger partial charge >= 0.3 is 0 Å². The van der Waals surface area contributed by atoms with Gasteiger partial charge in [-0.15, -0.1) is 0 Å². The summed E-state index contributed by atoms with van der Waals surface area (Å²) in [6, 6.07) is 30.7. The summed E-state index contributed by atoms with van der Waals surface area (Å²) in [5.41, 5.74) is 18.6. The van der Waals surface area contributed by atoms with Crippen LogP contribution in [0, 0.1) is 0 Å². The molecule has 69 heavy (non-hydrogen) atoms. The summed E-state index contributed by atoms with van der Waals surface area (Å²) < 4.78 is 0. The van der Waals surface area contributed by atoms with Crippen LogP contribution in [0.1, 0.15) is 262 Å². The molecule has 0 N–H and O–H groups in total. The molecule has 0 saturated heterocycles. The first-order valence-corrected chi connectivity index (χ1v) is 32.6. The summed E-state index contributed by atoms with van der Waals surface area (Å²) in [4.78, 5) is 0. The van der Waals surface area contributed by atoms with E-state index in [1.54, 1.807) is 33.4 Å². The van der Waals surface area contributed by atoms with Crippen LogP contribution >= 0.6 is 35.3 Å². The van der Waals surface area contributed by atoms with Crippen LogP contribution in [0.15, 0.2) is 72.8 Å². The van der Waals surface area contributed by atoms with Crippen LogP contribution in [0.25, 0.3) is 0 Å². The Morgan fingerprint density at radius 1 is 0.188 bits per heavy atom. The lowest BCUT2D eigenvalue weighted by Gasteiger charge is -2.13. The van der Waals surface area contributed by atoms with Crippen LogP contribution in [-0.4, -0.2) is 0 Å². The third kappa shape index (κ3) is 27.0. The van der Waals surface area contributed by atoms with Crippen LogP contribution in [0.5, 0.6) is 0 Å². The van der Waals surface area contributed by atoms with Gasteiger partial charge in [-0.05, 0) is 144 Å². The Morgan fingerprint density at radius 3 is 0.493 bits per heavy atom. The molecule has 0 atom stereocenters. The summed E-state index contributed by atoms with van der Waals surface area (Å²) in [6.45, 7) is 13.9. The molecule has 0 aromatic heterocycles. The molecule has 3 heteroatoms. The number of rotatable bonds is 42. The Hall–Kier alpha value is -2.07. The van der Waals surface area contributed by atoms with Crippen molar-refractivity contribution in [1.29, 1.82) is 0 Å². The summed E-state index contributed by atoms with van der Waals surface area (Å²) in [5, 5.41) is 0. The molecule has 4 aromatic rings. The molecule has 0 nitrogen and oxygen atoms in total. The van der Waals surface area contributed by atoms with E-state index in [9.17, 15) is 0 Å². The maximum Gasteiger partial charge on any atom is 0.0188 e. The van der Waals surface area contributed by atoms with Crippen LogP contribution in [0.3, 0.4) is 0 Å². The highest BCUT2D eigenvalue weighted by atomic mass is 32.2. The molecule has 0 spiro atoms. The zero-order valence-electron chi connectivity index (χ0n) is 45.6. The van der Waals surface area contributed by atoms with Gasteiger partial charge in [-0.1, -0.05) is 230 Å². The Kier molecular flexibility index (Phi) is 33.2. The molecular formula is C66H102S3. The van der Waals surface area contributed by atoms with E-state index in [0.29, 0.717) is 0 Å². The number of hydrogen-bond acceptors (Lipinski definition) is 3. The summed E-state index contributed by atoms with van der Waals surface area (Å²) in [5.74, 6) is 6.51. The SMILES string of the molecule is CCCCCCc1cc(CCCCCC)cc(CSCc2cc(CSCc3cc(CCCCCC)cc(CCCCCC)c3)cc(CSCc3cc(CCCCCC)cc(CCCCCC)c3)c2)c1. The standard InChI is InChI=1S/C66H102S3/c1-7-13-19-25-31-55-37-56(32-26-20-14-8-2)41-61(40-55)49-67-52-64-46-65(53-68-50-62-42-57(33-27-21-15-9-3)38-58(43-62)34-28-22-16-10-4)48-66(47-64)54-69-51-63-44-59(35-29-23-17-11-5)39-60(45-63)36-30-24-18-12-6/h37-48H,7-36,49-54H2,1-6H3. The highest BCUT2D eigenvalue weighted by Crippen LogP contribution is 2.29. The smallest absolute Gasteiger partial charge is 0.0188 e. The van der Waals surface area contributed by atoms with Gasteiger partial charge in [-0.2, -0.15) is 35.3 Å². The van der Waals surface area contributed by atoms with E-state index in [1.165, 1.54) is 226 Å². The first kappa shape index (κ1) is 59.5. The van der Waals surface area contributed by atoms with Gasteiger partial charge in [0.25, 0.3) is 0 Å².